The molecule has 1 heterocycles. The Labute approximate surface area is 127 Å². The number of hydrogen-bond acceptors (Lipinski definition) is 6. The lowest BCUT2D eigenvalue weighted by atomic mass is 10.1. The Kier molecular flexibility index (Phi) is 5.44. The maximum Gasteiger partial charge on any atom is 0.337 e. The van der Waals surface area contributed by atoms with Crippen LogP contribution in [0.25, 0.3) is 10.6 Å². The van der Waals surface area contributed by atoms with Crippen molar-refractivity contribution in [2.24, 2.45) is 0 Å². The van der Waals surface area contributed by atoms with Crippen LogP contribution in [0.15, 0.2) is 29.6 Å². The number of hydrogen-bond donors (Lipinski definition) is 1. The Bertz CT molecular complexity index is 595. The molecule has 112 valence electrons. The first kappa shape index (κ1) is 15.6. The van der Waals surface area contributed by atoms with Crippen LogP contribution in [0.4, 0.5) is 0 Å². The zero-order valence-electron chi connectivity index (χ0n) is 12.1. The van der Waals surface area contributed by atoms with Crippen LogP contribution >= 0.6 is 11.3 Å². The normalized spacial score (nSPS) is 10.9. The van der Waals surface area contributed by atoms with Gasteiger partial charge in [-0.05, 0) is 19.2 Å². The van der Waals surface area contributed by atoms with E-state index in [4.69, 9.17) is 5.11 Å². The fourth-order valence-electron chi connectivity index (χ4n) is 1.91. The zero-order chi connectivity index (χ0) is 15.2. The molecule has 0 spiro atoms. The highest BCUT2D eigenvalue weighted by Gasteiger charge is 2.09. The van der Waals surface area contributed by atoms with E-state index in [-0.39, 0.29) is 12.6 Å². The predicted octanol–water partition coefficient (Wildman–Crippen LogP) is 2.02. The Hall–Kier alpha value is -1.76. The third-order valence-electron chi connectivity index (χ3n) is 3.02. The summed E-state index contributed by atoms with van der Waals surface area (Å²) in [7, 11) is 3.31. The van der Waals surface area contributed by atoms with Crippen molar-refractivity contribution in [2.75, 3.05) is 27.3 Å². The fourth-order valence-corrected chi connectivity index (χ4v) is 2.72. The van der Waals surface area contributed by atoms with E-state index in [1.165, 1.54) is 7.11 Å². The highest BCUT2D eigenvalue weighted by molar-refractivity contribution is 7.13. The highest BCUT2D eigenvalue weighted by Crippen LogP contribution is 2.24. The summed E-state index contributed by atoms with van der Waals surface area (Å²) >= 11 is 1.57. The minimum absolute atomic E-state index is 0.141. The van der Waals surface area contributed by atoms with Crippen molar-refractivity contribution < 1.29 is 14.6 Å². The van der Waals surface area contributed by atoms with Gasteiger partial charge in [0.1, 0.15) is 5.01 Å². The molecule has 21 heavy (non-hydrogen) atoms. The first-order valence-corrected chi connectivity index (χ1v) is 7.44. The van der Waals surface area contributed by atoms with E-state index in [1.807, 2.05) is 29.5 Å². The number of carbonyl (C=O) groups is 1. The molecular formula is C15H18N2O3S. The van der Waals surface area contributed by atoms with Crippen molar-refractivity contribution in [2.45, 2.75) is 6.54 Å². The summed E-state index contributed by atoms with van der Waals surface area (Å²) in [5.41, 5.74) is 2.48. The van der Waals surface area contributed by atoms with Crippen molar-refractivity contribution in [1.82, 2.24) is 9.88 Å². The molecule has 6 heteroatoms. The minimum Gasteiger partial charge on any atom is -0.465 e. The fraction of sp³-hybridized carbons (Fsp3) is 0.333. The monoisotopic (exact) mass is 306 g/mol. The summed E-state index contributed by atoms with van der Waals surface area (Å²) in [6, 6.07) is 7.21. The zero-order valence-corrected chi connectivity index (χ0v) is 12.9. The largest absolute Gasteiger partial charge is 0.465 e. The number of carbonyl (C=O) groups excluding carboxylic acids is 1. The van der Waals surface area contributed by atoms with Crippen molar-refractivity contribution in [3.8, 4) is 10.6 Å². The number of esters is 1. The Morgan fingerprint density at radius 1 is 1.38 bits per heavy atom. The maximum atomic E-state index is 11.4. The van der Waals surface area contributed by atoms with Gasteiger partial charge >= 0.3 is 5.97 Å². The van der Waals surface area contributed by atoms with E-state index in [0.29, 0.717) is 18.7 Å². The Balaban J connectivity index is 2.08. The standard InChI is InChI=1S/C15H18N2O3S/c1-17(7-8-18)9-13-10-21-14(16-13)11-3-5-12(6-4-11)15(19)20-2/h3-6,10,18H,7-9H2,1-2H3. The minimum atomic E-state index is -0.341. The molecule has 0 atom stereocenters. The van der Waals surface area contributed by atoms with Crippen molar-refractivity contribution in [1.29, 1.82) is 0 Å². The average molecular weight is 306 g/mol. The predicted molar refractivity (Wildman–Crippen MR) is 82.3 cm³/mol. The van der Waals surface area contributed by atoms with Gasteiger partial charge in [-0.2, -0.15) is 0 Å². The molecule has 5 nitrogen and oxygen atoms in total. The van der Waals surface area contributed by atoms with Crippen LogP contribution in [0, 0.1) is 0 Å². The van der Waals surface area contributed by atoms with Crippen LogP contribution in [0.5, 0.6) is 0 Å². The SMILES string of the molecule is COC(=O)c1ccc(-c2nc(CN(C)CCO)cs2)cc1. The molecule has 0 bridgehead atoms. The molecule has 0 saturated carbocycles. The van der Waals surface area contributed by atoms with Crippen molar-refractivity contribution >= 4 is 17.3 Å². The number of ether oxygens (including phenoxy) is 1. The summed E-state index contributed by atoms with van der Waals surface area (Å²) in [6.07, 6.45) is 0. The summed E-state index contributed by atoms with van der Waals surface area (Å²) in [4.78, 5) is 18.0. The molecule has 2 rings (SSSR count). The summed E-state index contributed by atoms with van der Waals surface area (Å²) < 4.78 is 4.67. The second kappa shape index (κ2) is 7.31. The quantitative estimate of drug-likeness (QED) is 0.827. The summed E-state index contributed by atoms with van der Waals surface area (Å²) in [5, 5.41) is 11.8. The maximum absolute atomic E-state index is 11.4. The number of likely N-dealkylation sites (N-methyl/N-ethyl adjacent to an activating group) is 1. The van der Waals surface area contributed by atoms with Gasteiger partial charge < -0.3 is 9.84 Å². The second-order valence-electron chi connectivity index (χ2n) is 4.67. The lowest BCUT2D eigenvalue weighted by Crippen LogP contribution is -2.21. The third-order valence-corrected chi connectivity index (χ3v) is 3.96. The van der Waals surface area contributed by atoms with E-state index in [9.17, 15) is 4.79 Å². The lowest BCUT2D eigenvalue weighted by molar-refractivity contribution is 0.0601. The van der Waals surface area contributed by atoms with Gasteiger partial charge in [0, 0.05) is 24.0 Å². The molecule has 0 saturated heterocycles. The van der Waals surface area contributed by atoms with Gasteiger partial charge in [-0.25, -0.2) is 9.78 Å². The first-order valence-electron chi connectivity index (χ1n) is 6.56. The summed E-state index contributed by atoms with van der Waals surface area (Å²) in [6.45, 7) is 1.47. The van der Waals surface area contributed by atoms with Gasteiger partial charge in [-0.3, -0.25) is 4.90 Å². The van der Waals surface area contributed by atoms with Crippen LogP contribution in [0.1, 0.15) is 16.1 Å². The smallest absolute Gasteiger partial charge is 0.337 e. The number of thiazole rings is 1. The van der Waals surface area contributed by atoms with Gasteiger partial charge in [-0.15, -0.1) is 11.3 Å². The van der Waals surface area contributed by atoms with Crippen LogP contribution in [0.2, 0.25) is 0 Å². The number of aliphatic hydroxyl groups excluding tert-OH is 1. The van der Waals surface area contributed by atoms with E-state index in [0.717, 1.165) is 16.3 Å². The molecule has 1 aromatic carbocycles. The van der Waals surface area contributed by atoms with Gasteiger partial charge in [0.05, 0.1) is 25.0 Å². The van der Waals surface area contributed by atoms with E-state index in [1.54, 1.807) is 23.5 Å². The first-order chi connectivity index (χ1) is 10.1. The number of aliphatic hydroxyl groups is 1. The number of benzene rings is 1. The van der Waals surface area contributed by atoms with Gasteiger partial charge in [-0.1, -0.05) is 12.1 Å². The molecule has 0 radical (unpaired) electrons. The molecular weight excluding hydrogens is 288 g/mol. The molecule has 0 aliphatic carbocycles. The van der Waals surface area contributed by atoms with Crippen molar-refractivity contribution in [3.63, 3.8) is 0 Å². The molecule has 0 aliphatic rings. The molecule has 0 aliphatic heterocycles. The lowest BCUT2D eigenvalue weighted by Gasteiger charge is -2.12. The topological polar surface area (TPSA) is 62.7 Å². The molecule has 2 aromatic rings. The number of aromatic nitrogens is 1. The van der Waals surface area contributed by atoms with Crippen LogP contribution in [-0.2, 0) is 11.3 Å². The third kappa shape index (κ3) is 4.10. The Morgan fingerprint density at radius 3 is 2.71 bits per heavy atom. The number of methoxy groups -OCH3 is 1. The molecule has 1 aromatic heterocycles. The highest BCUT2D eigenvalue weighted by atomic mass is 32.1. The van der Waals surface area contributed by atoms with E-state index in [2.05, 4.69) is 9.72 Å². The van der Waals surface area contributed by atoms with E-state index < -0.39 is 0 Å². The van der Waals surface area contributed by atoms with Crippen LogP contribution in [0.3, 0.4) is 0 Å². The average Bonchev–Trinajstić information content (AvgIpc) is 2.95. The van der Waals surface area contributed by atoms with Crippen LogP contribution < -0.4 is 0 Å². The molecule has 0 unspecified atom stereocenters. The molecule has 1 N–H and O–H groups in total. The summed E-state index contributed by atoms with van der Waals surface area (Å²) in [5.74, 6) is -0.341. The molecule has 0 fully saturated rings. The van der Waals surface area contributed by atoms with Crippen LogP contribution in [-0.4, -0.2) is 48.3 Å². The van der Waals surface area contributed by atoms with E-state index >= 15 is 0 Å². The van der Waals surface area contributed by atoms with Gasteiger partial charge in [0.2, 0.25) is 0 Å². The molecule has 0 amide bonds. The number of nitrogens with zero attached hydrogens (tertiary/aromatic N) is 2. The Morgan fingerprint density at radius 2 is 2.10 bits per heavy atom. The van der Waals surface area contributed by atoms with Crippen molar-refractivity contribution in [3.05, 3.63) is 40.9 Å². The number of rotatable bonds is 6. The van der Waals surface area contributed by atoms with Gasteiger partial charge in [0.15, 0.2) is 0 Å². The second-order valence-corrected chi connectivity index (χ2v) is 5.53. The van der Waals surface area contributed by atoms with Gasteiger partial charge in [0.25, 0.3) is 0 Å².